The Labute approximate surface area is 92.1 Å². The van der Waals surface area contributed by atoms with E-state index >= 15 is 0 Å². The maximum atomic E-state index is 13.3. The number of halogens is 3. The van der Waals surface area contributed by atoms with Gasteiger partial charge in [-0.05, 0) is 28.9 Å². The first-order valence-corrected chi connectivity index (χ1v) is 4.97. The number of nitrogens with one attached hydrogen (secondary N) is 1. The molecule has 1 heterocycles. The van der Waals surface area contributed by atoms with Crippen molar-refractivity contribution in [2.24, 2.45) is 0 Å². The van der Waals surface area contributed by atoms with Crippen molar-refractivity contribution in [2.45, 2.75) is 6.92 Å². The highest BCUT2D eigenvalue weighted by Gasteiger charge is 2.12. The topological polar surface area (TPSA) is 32.9 Å². The number of pyridine rings is 1. The average molecular weight is 274 g/mol. The number of aromatic nitrogens is 1. The number of rotatable bonds is 0. The van der Waals surface area contributed by atoms with Crippen LogP contribution in [0.5, 0.6) is 0 Å². The zero-order chi connectivity index (χ0) is 11.2. The molecular formula is C10H6BrF2NO. The fourth-order valence-corrected chi connectivity index (χ4v) is 1.74. The number of aromatic amines is 1. The van der Waals surface area contributed by atoms with Gasteiger partial charge in [0.2, 0.25) is 5.43 Å². The van der Waals surface area contributed by atoms with E-state index in [9.17, 15) is 13.6 Å². The third kappa shape index (κ3) is 1.56. The predicted molar refractivity (Wildman–Crippen MR) is 56.9 cm³/mol. The number of hydrogen-bond acceptors (Lipinski definition) is 1. The lowest BCUT2D eigenvalue weighted by molar-refractivity contribution is 0.591. The van der Waals surface area contributed by atoms with E-state index in [4.69, 9.17) is 0 Å². The first-order valence-electron chi connectivity index (χ1n) is 4.18. The van der Waals surface area contributed by atoms with E-state index in [-0.39, 0.29) is 15.4 Å². The molecule has 5 heteroatoms. The van der Waals surface area contributed by atoms with Crippen molar-refractivity contribution >= 4 is 26.8 Å². The number of hydrogen-bond donors (Lipinski definition) is 1. The van der Waals surface area contributed by atoms with Crippen LogP contribution in [0.3, 0.4) is 0 Å². The molecule has 0 atom stereocenters. The fourth-order valence-electron chi connectivity index (χ4n) is 1.44. The minimum atomic E-state index is -0.855. The second-order valence-electron chi connectivity index (χ2n) is 3.20. The summed E-state index contributed by atoms with van der Waals surface area (Å²) in [4.78, 5) is 14.4. The van der Waals surface area contributed by atoms with Crippen LogP contribution in [-0.2, 0) is 0 Å². The maximum absolute atomic E-state index is 13.3. The summed E-state index contributed by atoms with van der Waals surface area (Å²) >= 11 is 3.05. The molecule has 0 saturated heterocycles. The molecule has 0 spiro atoms. The molecule has 0 radical (unpaired) electrons. The monoisotopic (exact) mass is 273 g/mol. The molecule has 15 heavy (non-hydrogen) atoms. The van der Waals surface area contributed by atoms with Gasteiger partial charge in [-0.15, -0.1) is 0 Å². The number of aryl methyl sites for hydroxylation is 1. The van der Waals surface area contributed by atoms with Gasteiger partial charge in [0.1, 0.15) is 11.6 Å². The maximum Gasteiger partial charge on any atom is 0.206 e. The van der Waals surface area contributed by atoms with Gasteiger partial charge in [-0.25, -0.2) is 8.78 Å². The summed E-state index contributed by atoms with van der Waals surface area (Å²) in [7, 11) is 0. The normalized spacial score (nSPS) is 10.9. The van der Waals surface area contributed by atoms with Crippen LogP contribution in [0.15, 0.2) is 21.4 Å². The average Bonchev–Trinajstić information content (AvgIpc) is 2.13. The van der Waals surface area contributed by atoms with Crippen LogP contribution in [0, 0.1) is 18.6 Å². The van der Waals surface area contributed by atoms with E-state index in [1.165, 1.54) is 0 Å². The number of benzene rings is 1. The molecule has 2 nitrogen and oxygen atoms in total. The van der Waals surface area contributed by atoms with Crippen LogP contribution in [0.1, 0.15) is 5.69 Å². The van der Waals surface area contributed by atoms with Gasteiger partial charge in [0.25, 0.3) is 0 Å². The quantitative estimate of drug-likeness (QED) is 0.787. The van der Waals surface area contributed by atoms with Gasteiger partial charge in [-0.2, -0.15) is 0 Å². The van der Waals surface area contributed by atoms with E-state index in [1.807, 2.05) is 0 Å². The SMILES string of the molecule is Cc1[nH]c2cc(F)cc(F)c2c(=O)c1Br. The van der Waals surface area contributed by atoms with Crippen LogP contribution < -0.4 is 5.43 Å². The highest BCUT2D eigenvalue weighted by atomic mass is 79.9. The Morgan fingerprint density at radius 1 is 1.33 bits per heavy atom. The smallest absolute Gasteiger partial charge is 0.206 e. The first kappa shape index (κ1) is 10.3. The van der Waals surface area contributed by atoms with Crippen molar-refractivity contribution in [1.82, 2.24) is 4.98 Å². The zero-order valence-corrected chi connectivity index (χ0v) is 9.28. The molecule has 0 aliphatic heterocycles. The van der Waals surface area contributed by atoms with Crippen molar-refractivity contribution in [1.29, 1.82) is 0 Å². The second kappa shape index (κ2) is 3.41. The van der Waals surface area contributed by atoms with Crippen molar-refractivity contribution < 1.29 is 8.78 Å². The van der Waals surface area contributed by atoms with Gasteiger partial charge < -0.3 is 4.98 Å². The summed E-state index contributed by atoms with van der Waals surface area (Å²) in [6, 6.07) is 1.79. The Bertz CT molecular complexity index is 606. The van der Waals surface area contributed by atoms with Gasteiger partial charge in [-0.3, -0.25) is 4.79 Å². The highest BCUT2D eigenvalue weighted by molar-refractivity contribution is 9.10. The third-order valence-corrected chi connectivity index (χ3v) is 3.09. The lowest BCUT2D eigenvalue weighted by Crippen LogP contribution is -2.08. The van der Waals surface area contributed by atoms with Crippen molar-refractivity contribution in [3.8, 4) is 0 Å². The molecule has 0 amide bonds. The molecule has 0 aliphatic carbocycles. The van der Waals surface area contributed by atoms with Crippen LogP contribution in [-0.4, -0.2) is 4.98 Å². The standard InChI is InChI=1S/C10H6BrF2NO/c1-4-9(11)10(15)8-6(13)2-5(12)3-7(8)14-4/h2-3H,1H3,(H,14,15). The largest absolute Gasteiger partial charge is 0.357 e. The molecule has 0 aliphatic rings. The molecule has 0 bridgehead atoms. The molecule has 0 fully saturated rings. The Hall–Kier alpha value is -1.23. The van der Waals surface area contributed by atoms with E-state index < -0.39 is 17.1 Å². The van der Waals surface area contributed by atoms with Gasteiger partial charge in [0.15, 0.2) is 0 Å². The second-order valence-corrected chi connectivity index (χ2v) is 4.00. The Balaban J connectivity index is 3.06. The third-order valence-electron chi connectivity index (χ3n) is 2.13. The highest BCUT2D eigenvalue weighted by Crippen LogP contribution is 2.19. The molecule has 1 N–H and O–H groups in total. The zero-order valence-electron chi connectivity index (χ0n) is 7.70. The lowest BCUT2D eigenvalue weighted by Gasteiger charge is -2.03. The number of H-pyrrole nitrogens is 1. The van der Waals surface area contributed by atoms with Crippen molar-refractivity contribution in [2.75, 3.05) is 0 Å². The minimum absolute atomic E-state index is 0.131. The molecule has 78 valence electrons. The van der Waals surface area contributed by atoms with E-state index in [0.29, 0.717) is 11.8 Å². The summed E-state index contributed by atoms with van der Waals surface area (Å²) in [6.07, 6.45) is 0. The molecule has 0 unspecified atom stereocenters. The van der Waals surface area contributed by atoms with Crippen molar-refractivity contribution in [3.63, 3.8) is 0 Å². The van der Waals surface area contributed by atoms with Crippen LogP contribution in [0.2, 0.25) is 0 Å². The lowest BCUT2D eigenvalue weighted by atomic mass is 10.2. The van der Waals surface area contributed by atoms with E-state index in [2.05, 4.69) is 20.9 Å². The van der Waals surface area contributed by atoms with Crippen LogP contribution in [0.4, 0.5) is 8.78 Å². The Morgan fingerprint density at radius 2 is 2.00 bits per heavy atom. The van der Waals surface area contributed by atoms with E-state index in [1.54, 1.807) is 6.92 Å². The molecule has 0 saturated carbocycles. The Morgan fingerprint density at radius 3 is 2.67 bits per heavy atom. The van der Waals surface area contributed by atoms with Gasteiger partial charge in [-0.1, -0.05) is 0 Å². The Kier molecular flexibility index (Phi) is 2.34. The van der Waals surface area contributed by atoms with Crippen molar-refractivity contribution in [3.05, 3.63) is 44.2 Å². The predicted octanol–water partition coefficient (Wildman–Crippen LogP) is 2.88. The fraction of sp³-hybridized carbons (Fsp3) is 0.100. The molecule has 1 aromatic heterocycles. The summed E-state index contributed by atoms with van der Waals surface area (Å²) in [5, 5.41) is -0.131. The van der Waals surface area contributed by atoms with Crippen LogP contribution in [0.25, 0.3) is 10.9 Å². The summed E-state index contributed by atoms with van der Waals surface area (Å²) < 4.78 is 26.5. The first-order chi connectivity index (χ1) is 7.00. The summed E-state index contributed by atoms with van der Waals surface area (Å²) in [6.45, 7) is 1.65. The van der Waals surface area contributed by atoms with Gasteiger partial charge in [0, 0.05) is 11.8 Å². The summed E-state index contributed by atoms with van der Waals surface area (Å²) in [5.74, 6) is -1.57. The molecule has 2 rings (SSSR count). The molecule has 1 aromatic carbocycles. The van der Waals surface area contributed by atoms with E-state index in [0.717, 1.165) is 6.07 Å². The van der Waals surface area contributed by atoms with Crippen LogP contribution >= 0.6 is 15.9 Å². The number of fused-ring (bicyclic) bond motifs is 1. The minimum Gasteiger partial charge on any atom is -0.357 e. The molecular weight excluding hydrogens is 268 g/mol. The summed E-state index contributed by atoms with van der Waals surface area (Å²) in [5.41, 5.74) is 0.231. The van der Waals surface area contributed by atoms with Gasteiger partial charge >= 0.3 is 0 Å². The molecule has 2 aromatic rings. The van der Waals surface area contributed by atoms with Gasteiger partial charge in [0.05, 0.1) is 15.4 Å².